The monoisotopic (exact) mass is 210 g/mol. The van der Waals surface area contributed by atoms with Crippen LogP contribution in [0.3, 0.4) is 0 Å². The molecule has 15 heavy (non-hydrogen) atoms. The second kappa shape index (κ2) is 3.51. The van der Waals surface area contributed by atoms with Crippen LogP contribution >= 0.6 is 0 Å². The van der Waals surface area contributed by atoms with Gasteiger partial charge in [0.2, 0.25) is 11.8 Å². The summed E-state index contributed by atoms with van der Waals surface area (Å²) in [7, 11) is 1.85. The molecule has 2 fully saturated rings. The van der Waals surface area contributed by atoms with Gasteiger partial charge in [0.1, 0.15) is 0 Å². The lowest BCUT2D eigenvalue weighted by Gasteiger charge is -2.38. The number of carbonyl (C=O) groups excluding carboxylic acids is 2. The summed E-state index contributed by atoms with van der Waals surface area (Å²) < 4.78 is 0. The van der Waals surface area contributed by atoms with Crippen molar-refractivity contribution >= 4 is 11.8 Å². The standard InChI is InChI=1S/C11H18N2O2/c1-9(14)13-6-3-4-11(8-13)5-7-12(2)10(11)15/h3-8H2,1-2H3. The van der Waals surface area contributed by atoms with E-state index in [2.05, 4.69) is 0 Å². The van der Waals surface area contributed by atoms with Crippen LogP contribution in [0.25, 0.3) is 0 Å². The molecule has 0 aliphatic carbocycles. The number of hydrogen-bond acceptors (Lipinski definition) is 2. The second-order valence-electron chi connectivity index (χ2n) is 4.80. The first-order chi connectivity index (χ1) is 7.05. The van der Waals surface area contributed by atoms with E-state index in [-0.39, 0.29) is 17.2 Å². The van der Waals surface area contributed by atoms with Gasteiger partial charge in [0.25, 0.3) is 0 Å². The van der Waals surface area contributed by atoms with Crippen molar-refractivity contribution in [1.29, 1.82) is 0 Å². The number of piperidine rings is 1. The Kier molecular flexibility index (Phi) is 2.44. The minimum atomic E-state index is -0.251. The van der Waals surface area contributed by atoms with Crippen LogP contribution in [0.1, 0.15) is 26.2 Å². The van der Waals surface area contributed by atoms with Gasteiger partial charge in [-0.3, -0.25) is 9.59 Å². The van der Waals surface area contributed by atoms with Gasteiger partial charge in [-0.2, -0.15) is 0 Å². The van der Waals surface area contributed by atoms with Gasteiger partial charge in [0, 0.05) is 33.6 Å². The highest BCUT2D eigenvalue weighted by molar-refractivity contribution is 5.86. The number of likely N-dealkylation sites (tertiary alicyclic amines) is 2. The summed E-state index contributed by atoms with van der Waals surface area (Å²) >= 11 is 0. The molecule has 2 heterocycles. The summed E-state index contributed by atoms with van der Waals surface area (Å²) in [5, 5.41) is 0. The SMILES string of the molecule is CC(=O)N1CCCC2(CCN(C)C2=O)C1. The van der Waals surface area contributed by atoms with E-state index in [1.54, 1.807) is 11.8 Å². The molecule has 2 aliphatic rings. The third kappa shape index (κ3) is 1.62. The minimum absolute atomic E-state index is 0.0939. The summed E-state index contributed by atoms with van der Waals surface area (Å²) in [6.45, 7) is 3.87. The Hall–Kier alpha value is -1.06. The maximum atomic E-state index is 12.0. The largest absolute Gasteiger partial charge is 0.345 e. The van der Waals surface area contributed by atoms with Gasteiger partial charge in [0.05, 0.1) is 5.41 Å². The molecule has 0 N–H and O–H groups in total. The maximum absolute atomic E-state index is 12.0. The fourth-order valence-electron chi connectivity index (χ4n) is 2.77. The van der Waals surface area contributed by atoms with Gasteiger partial charge in [-0.25, -0.2) is 0 Å². The first-order valence-electron chi connectivity index (χ1n) is 5.56. The lowest BCUT2D eigenvalue weighted by atomic mass is 9.78. The van der Waals surface area contributed by atoms with E-state index in [0.29, 0.717) is 6.54 Å². The number of rotatable bonds is 0. The van der Waals surface area contributed by atoms with Crippen LogP contribution in [0.4, 0.5) is 0 Å². The summed E-state index contributed by atoms with van der Waals surface area (Å²) in [4.78, 5) is 27.0. The van der Waals surface area contributed by atoms with Crippen LogP contribution in [0.15, 0.2) is 0 Å². The zero-order chi connectivity index (χ0) is 11.1. The molecular formula is C11H18N2O2. The summed E-state index contributed by atoms with van der Waals surface area (Å²) in [6, 6.07) is 0. The van der Waals surface area contributed by atoms with Gasteiger partial charge in [0.15, 0.2) is 0 Å². The zero-order valence-corrected chi connectivity index (χ0v) is 9.45. The molecule has 0 saturated carbocycles. The van der Waals surface area contributed by atoms with Crippen molar-refractivity contribution in [3.05, 3.63) is 0 Å². The molecule has 1 spiro atoms. The first-order valence-corrected chi connectivity index (χ1v) is 5.56. The van der Waals surface area contributed by atoms with Crippen LogP contribution in [-0.4, -0.2) is 48.3 Å². The highest BCUT2D eigenvalue weighted by atomic mass is 16.2. The van der Waals surface area contributed by atoms with Crippen molar-refractivity contribution in [2.45, 2.75) is 26.2 Å². The Morgan fingerprint density at radius 3 is 2.60 bits per heavy atom. The molecule has 0 bridgehead atoms. The molecule has 0 aromatic carbocycles. The number of nitrogens with zero attached hydrogens (tertiary/aromatic N) is 2. The van der Waals surface area contributed by atoms with Gasteiger partial charge < -0.3 is 9.80 Å². The minimum Gasteiger partial charge on any atom is -0.345 e. The van der Waals surface area contributed by atoms with Crippen molar-refractivity contribution in [2.24, 2.45) is 5.41 Å². The van der Waals surface area contributed by atoms with Gasteiger partial charge in [-0.15, -0.1) is 0 Å². The fraction of sp³-hybridized carbons (Fsp3) is 0.818. The molecule has 2 saturated heterocycles. The summed E-state index contributed by atoms with van der Waals surface area (Å²) in [6.07, 6.45) is 2.81. The van der Waals surface area contributed by atoms with E-state index in [1.165, 1.54) is 0 Å². The second-order valence-corrected chi connectivity index (χ2v) is 4.80. The molecule has 1 unspecified atom stereocenters. The highest BCUT2D eigenvalue weighted by Crippen LogP contribution is 2.39. The molecule has 4 nitrogen and oxygen atoms in total. The van der Waals surface area contributed by atoms with Crippen molar-refractivity contribution in [3.8, 4) is 0 Å². The Morgan fingerprint density at radius 2 is 2.07 bits per heavy atom. The molecule has 2 aliphatic heterocycles. The van der Waals surface area contributed by atoms with Crippen molar-refractivity contribution in [1.82, 2.24) is 9.80 Å². The quantitative estimate of drug-likeness (QED) is 0.583. The van der Waals surface area contributed by atoms with E-state index < -0.39 is 0 Å². The molecule has 0 aromatic heterocycles. The van der Waals surface area contributed by atoms with Crippen LogP contribution in [0, 0.1) is 5.41 Å². The first kappa shape index (κ1) is 10.5. The molecule has 2 rings (SSSR count). The van der Waals surface area contributed by atoms with Crippen LogP contribution < -0.4 is 0 Å². The smallest absolute Gasteiger partial charge is 0.230 e. The van der Waals surface area contributed by atoms with Crippen molar-refractivity contribution in [2.75, 3.05) is 26.7 Å². The maximum Gasteiger partial charge on any atom is 0.230 e. The normalized spacial score (nSPS) is 31.5. The zero-order valence-electron chi connectivity index (χ0n) is 9.45. The molecule has 0 aromatic rings. The van der Waals surface area contributed by atoms with Crippen LogP contribution in [0.5, 0.6) is 0 Å². The van der Waals surface area contributed by atoms with E-state index in [0.717, 1.165) is 32.4 Å². The average molecular weight is 210 g/mol. The van der Waals surface area contributed by atoms with E-state index >= 15 is 0 Å². The van der Waals surface area contributed by atoms with Crippen LogP contribution in [0.2, 0.25) is 0 Å². The van der Waals surface area contributed by atoms with Gasteiger partial charge in [-0.05, 0) is 19.3 Å². The topological polar surface area (TPSA) is 40.6 Å². The molecule has 1 atom stereocenters. The molecule has 4 heteroatoms. The summed E-state index contributed by atoms with van der Waals surface area (Å²) in [5.41, 5.74) is -0.251. The molecule has 2 amide bonds. The van der Waals surface area contributed by atoms with Gasteiger partial charge >= 0.3 is 0 Å². The number of carbonyl (C=O) groups is 2. The van der Waals surface area contributed by atoms with Crippen molar-refractivity contribution < 1.29 is 9.59 Å². The Bertz CT molecular complexity index is 299. The van der Waals surface area contributed by atoms with E-state index in [4.69, 9.17) is 0 Å². The summed E-state index contributed by atoms with van der Waals surface area (Å²) in [5.74, 6) is 0.324. The third-order valence-corrected chi connectivity index (χ3v) is 3.75. The Labute approximate surface area is 90.2 Å². The fourth-order valence-corrected chi connectivity index (χ4v) is 2.77. The third-order valence-electron chi connectivity index (χ3n) is 3.75. The highest BCUT2D eigenvalue weighted by Gasteiger charge is 2.48. The average Bonchev–Trinajstić information content (AvgIpc) is 2.48. The van der Waals surface area contributed by atoms with Gasteiger partial charge in [-0.1, -0.05) is 0 Å². The lowest BCUT2D eigenvalue weighted by Crippen LogP contribution is -2.48. The predicted octanol–water partition coefficient (Wildman–Crippen LogP) is 0.477. The van der Waals surface area contributed by atoms with E-state index in [9.17, 15) is 9.59 Å². The number of amides is 2. The Morgan fingerprint density at radius 1 is 1.33 bits per heavy atom. The Balaban J connectivity index is 2.15. The van der Waals surface area contributed by atoms with Crippen molar-refractivity contribution in [3.63, 3.8) is 0 Å². The molecular weight excluding hydrogens is 192 g/mol. The predicted molar refractivity (Wildman–Crippen MR) is 56.2 cm³/mol. The molecule has 84 valence electrons. The van der Waals surface area contributed by atoms with E-state index in [1.807, 2.05) is 11.9 Å². The number of hydrogen-bond donors (Lipinski definition) is 0. The lowest BCUT2D eigenvalue weighted by molar-refractivity contribution is -0.141. The van der Waals surface area contributed by atoms with Crippen LogP contribution in [-0.2, 0) is 9.59 Å². The molecule has 0 radical (unpaired) electrons.